The van der Waals surface area contributed by atoms with Gasteiger partial charge >= 0.3 is 0 Å². The van der Waals surface area contributed by atoms with Crippen LogP contribution in [0.1, 0.15) is 34.9 Å². The van der Waals surface area contributed by atoms with E-state index in [0.717, 1.165) is 48.6 Å². The molecule has 0 aliphatic carbocycles. The molecule has 1 atom stereocenters. The van der Waals surface area contributed by atoms with Gasteiger partial charge in [0.15, 0.2) is 0 Å². The number of pyridine rings is 1. The first kappa shape index (κ1) is 16.0. The molecular weight excluding hydrogens is 332 g/mol. The van der Waals surface area contributed by atoms with Gasteiger partial charge in [-0.1, -0.05) is 0 Å². The van der Waals surface area contributed by atoms with Crippen molar-refractivity contribution in [2.45, 2.75) is 25.8 Å². The number of carbonyl (C=O) groups excluding carboxylic acids is 1. The molecule has 0 aromatic carbocycles. The molecule has 3 aromatic heterocycles. The van der Waals surface area contributed by atoms with Crippen LogP contribution in [0.2, 0.25) is 0 Å². The Bertz CT molecular complexity index is 857. The Morgan fingerprint density at radius 1 is 1.32 bits per heavy atom. The molecule has 4 heterocycles. The lowest BCUT2D eigenvalue weighted by Gasteiger charge is -2.34. The van der Waals surface area contributed by atoms with Crippen LogP contribution in [0, 0.1) is 6.92 Å². The second kappa shape index (κ2) is 6.80. The first-order chi connectivity index (χ1) is 12.2. The van der Waals surface area contributed by atoms with Crippen molar-refractivity contribution in [1.82, 2.24) is 19.4 Å². The van der Waals surface area contributed by atoms with Gasteiger partial charge in [-0.05, 0) is 43.3 Å². The third-order valence-corrected chi connectivity index (χ3v) is 5.40. The van der Waals surface area contributed by atoms with Gasteiger partial charge in [0.05, 0.1) is 11.6 Å². The third kappa shape index (κ3) is 3.09. The largest absolute Gasteiger partial charge is 0.337 e. The lowest BCUT2D eigenvalue weighted by molar-refractivity contribution is 0.0679. The van der Waals surface area contributed by atoms with E-state index in [2.05, 4.69) is 21.5 Å². The van der Waals surface area contributed by atoms with E-state index in [1.165, 1.54) is 0 Å². The summed E-state index contributed by atoms with van der Waals surface area (Å²) >= 11 is 1.56. The Morgan fingerprint density at radius 2 is 2.24 bits per heavy atom. The number of likely N-dealkylation sites (tertiary alicyclic amines) is 1. The first-order valence-electron chi connectivity index (χ1n) is 8.50. The number of amides is 1. The molecule has 0 spiro atoms. The van der Waals surface area contributed by atoms with Crippen molar-refractivity contribution < 1.29 is 4.79 Å². The molecule has 1 unspecified atom stereocenters. The molecule has 4 rings (SSSR count). The van der Waals surface area contributed by atoms with E-state index in [-0.39, 0.29) is 11.9 Å². The second-order valence-corrected chi connectivity index (χ2v) is 7.17. The topological polar surface area (TPSA) is 51.0 Å². The number of piperidine rings is 1. The number of carbonyl (C=O) groups is 1. The third-order valence-electron chi connectivity index (χ3n) is 4.72. The minimum absolute atomic E-state index is 0.131. The lowest BCUT2D eigenvalue weighted by atomic mass is 10.0. The zero-order valence-electron chi connectivity index (χ0n) is 14.1. The molecule has 1 fully saturated rings. The van der Waals surface area contributed by atoms with Crippen molar-refractivity contribution in [3.8, 4) is 11.4 Å². The number of aryl methyl sites for hydroxylation is 1. The summed E-state index contributed by atoms with van der Waals surface area (Å²) in [5, 5.41) is 3.88. The van der Waals surface area contributed by atoms with Crippen molar-refractivity contribution in [2.24, 2.45) is 0 Å². The summed E-state index contributed by atoms with van der Waals surface area (Å²) in [5.74, 6) is 1.06. The molecule has 1 aliphatic heterocycles. The standard InChI is InChI=1S/C19H20N4OS/c1-14-10-21-18(15-4-2-7-20-11-15)23(14)17-5-3-8-22(12-17)19(24)16-6-9-25-13-16/h2,4,6-7,9-11,13,17H,3,5,8,12H2,1H3. The number of aromatic nitrogens is 3. The minimum Gasteiger partial charge on any atom is -0.337 e. The second-order valence-electron chi connectivity index (χ2n) is 6.39. The number of imidazole rings is 1. The van der Waals surface area contributed by atoms with Crippen molar-refractivity contribution in [3.05, 3.63) is 58.8 Å². The van der Waals surface area contributed by atoms with Crippen molar-refractivity contribution in [1.29, 1.82) is 0 Å². The van der Waals surface area contributed by atoms with Crippen LogP contribution in [0.4, 0.5) is 0 Å². The van der Waals surface area contributed by atoms with Crippen LogP contribution in [-0.2, 0) is 0 Å². The summed E-state index contributed by atoms with van der Waals surface area (Å²) in [7, 11) is 0. The molecule has 1 amide bonds. The molecule has 25 heavy (non-hydrogen) atoms. The van der Waals surface area contributed by atoms with E-state index in [4.69, 9.17) is 0 Å². The number of hydrogen-bond acceptors (Lipinski definition) is 4. The smallest absolute Gasteiger partial charge is 0.254 e. The van der Waals surface area contributed by atoms with Crippen molar-refractivity contribution in [2.75, 3.05) is 13.1 Å². The maximum absolute atomic E-state index is 12.7. The molecule has 0 saturated carbocycles. The fourth-order valence-corrected chi connectivity index (χ4v) is 4.16. The highest BCUT2D eigenvalue weighted by Gasteiger charge is 2.28. The summed E-state index contributed by atoms with van der Waals surface area (Å²) in [6.45, 7) is 3.62. The summed E-state index contributed by atoms with van der Waals surface area (Å²) < 4.78 is 2.27. The van der Waals surface area contributed by atoms with Crippen LogP contribution in [0.25, 0.3) is 11.4 Å². The Hall–Kier alpha value is -2.47. The molecule has 0 N–H and O–H groups in total. The normalized spacial score (nSPS) is 17.6. The molecule has 5 nitrogen and oxygen atoms in total. The summed E-state index contributed by atoms with van der Waals surface area (Å²) in [4.78, 5) is 23.5. The minimum atomic E-state index is 0.131. The van der Waals surface area contributed by atoms with Gasteiger partial charge in [-0.25, -0.2) is 4.98 Å². The van der Waals surface area contributed by atoms with Gasteiger partial charge < -0.3 is 9.47 Å². The number of nitrogens with zero attached hydrogens (tertiary/aromatic N) is 4. The van der Waals surface area contributed by atoms with Crippen LogP contribution in [0.15, 0.2) is 47.5 Å². The van der Waals surface area contributed by atoms with Gasteiger partial charge in [-0.15, -0.1) is 0 Å². The molecule has 128 valence electrons. The predicted octanol–water partition coefficient (Wildman–Crippen LogP) is 3.79. The van der Waals surface area contributed by atoms with E-state index in [1.54, 1.807) is 17.5 Å². The molecule has 3 aromatic rings. The van der Waals surface area contributed by atoms with Gasteiger partial charge in [0.1, 0.15) is 5.82 Å². The van der Waals surface area contributed by atoms with Crippen LogP contribution in [0.5, 0.6) is 0 Å². The van der Waals surface area contributed by atoms with Gasteiger partial charge in [0, 0.05) is 48.3 Å². The Morgan fingerprint density at radius 3 is 3.00 bits per heavy atom. The monoisotopic (exact) mass is 352 g/mol. The molecule has 1 saturated heterocycles. The zero-order valence-corrected chi connectivity index (χ0v) is 14.9. The quantitative estimate of drug-likeness (QED) is 0.720. The highest BCUT2D eigenvalue weighted by molar-refractivity contribution is 7.08. The Labute approximate surface area is 151 Å². The molecular formula is C19H20N4OS. The van der Waals surface area contributed by atoms with Gasteiger partial charge in [-0.2, -0.15) is 11.3 Å². The SMILES string of the molecule is Cc1cnc(-c2cccnc2)n1C1CCCN(C(=O)c2ccsc2)C1. The van der Waals surface area contributed by atoms with Crippen molar-refractivity contribution in [3.63, 3.8) is 0 Å². The highest BCUT2D eigenvalue weighted by Crippen LogP contribution is 2.29. The maximum atomic E-state index is 12.7. The predicted molar refractivity (Wildman–Crippen MR) is 98.7 cm³/mol. The van der Waals surface area contributed by atoms with Crippen molar-refractivity contribution >= 4 is 17.2 Å². The molecule has 1 aliphatic rings. The average molecular weight is 352 g/mol. The van der Waals surface area contributed by atoms with E-state index >= 15 is 0 Å². The van der Waals surface area contributed by atoms with E-state index in [9.17, 15) is 4.79 Å². The van der Waals surface area contributed by atoms with E-state index in [0.29, 0.717) is 0 Å². The van der Waals surface area contributed by atoms with Crippen LogP contribution in [0.3, 0.4) is 0 Å². The van der Waals surface area contributed by atoms with E-state index < -0.39 is 0 Å². The number of hydrogen-bond donors (Lipinski definition) is 0. The molecule has 6 heteroatoms. The zero-order chi connectivity index (χ0) is 17.2. The van der Waals surface area contributed by atoms with E-state index in [1.807, 2.05) is 46.3 Å². The fraction of sp³-hybridized carbons (Fsp3) is 0.316. The average Bonchev–Trinajstić information content (AvgIpc) is 3.32. The van der Waals surface area contributed by atoms with Crippen LogP contribution in [-0.4, -0.2) is 38.4 Å². The lowest BCUT2D eigenvalue weighted by Crippen LogP contribution is -2.40. The molecule has 0 radical (unpaired) electrons. The summed E-state index contributed by atoms with van der Waals surface area (Å²) in [5.41, 5.74) is 2.92. The Kier molecular flexibility index (Phi) is 4.36. The molecule has 0 bridgehead atoms. The van der Waals surface area contributed by atoms with Crippen LogP contribution < -0.4 is 0 Å². The first-order valence-corrected chi connectivity index (χ1v) is 9.44. The summed E-state index contributed by atoms with van der Waals surface area (Å²) in [6, 6.07) is 6.11. The number of thiophene rings is 1. The Balaban J connectivity index is 1.62. The fourth-order valence-electron chi connectivity index (χ4n) is 3.53. The van der Waals surface area contributed by atoms with Gasteiger partial charge in [0.25, 0.3) is 5.91 Å². The summed E-state index contributed by atoms with van der Waals surface area (Å²) in [6.07, 6.45) is 7.57. The highest BCUT2D eigenvalue weighted by atomic mass is 32.1. The van der Waals surface area contributed by atoms with Crippen LogP contribution >= 0.6 is 11.3 Å². The number of rotatable bonds is 3. The maximum Gasteiger partial charge on any atom is 0.254 e. The van der Waals surface area contributed by atoms with Gasteiger partial charge in [0.2, 0.25) is 0 Å². The van der Waals surface area contributed by atoms with Gasteiger partial charge in [-0.3, -0.25) is 9.78 Å².